The van der Waals surface area contributed by atoms with Gasteiger partial charge in [0.2, 0.25) is 5.95 Å². The van der Waals surface area contributed by atoms with Crippen LogP contribution in [0.2, 0.25) is 0 Å². The zero-order valence-electron chi connectivity index (χ0n) is 13.9. The summed E-state index contributed by atoms with van der Waals surface area (Å²) >= 11 is 0. The number of rotatable bonds is 5. The standard InChI is InChI=1S/C13H19N4O8P/c1-13(19)9(18)6(4-24-26(20,21)22)25-10(13)5-3-23-8-7(5)16-12(14)17-11(8)15-2/h3,6,9-10,18-19H,4H2,1-2H3,(H2,20,21,22)(H3,14,15,16,17)/t6-,9-,10+,13-/m1/s1. The minimum absolute atomic E-state index is 0.0379. The Morgan fingerprint density at radius 2 is 2.15 bits per heavy atom. The molecular weight excluding hydrogens is 371 g/mol. The molecule has 26 heavy (non-hydrogen) atoms. The number of nitrogens with two attached hydrogens (primary N) is 1. The maximum Gasteiger partial charge on any atom is 0.469 e. The SMILES string of the molecule is CNc1nc(N)nc2c([C@@H]3O[C@H](COP(=O)(O)O)[C@@H](O)[C@@]3(C)O)coc12. The van der Waals surface area contributed by atoms with Crippen molar-refractivity contribution >= 4 is 30.7 Å². The normalized spacial score (nSPS) is 29.4. The average molecular weight is 390 g/mol. The number of phosphoric ester groups is 1. The molecule has 2 aromatic rings. The monoisotopic (exact) mass is 390 g/mol. The number of furan rings is 1. The maximum absolute atomic E-state index is 10.9. The fourth-order valence-corrected chi connectivity index (χ4v) is 3.26. The first-order valence-corrected chi connectivity index (χ1v) is 9.06. The number of ether oxygens (including phenoxy) is 1. The summed E-state index contributed by atoms with van der Waals surface area (Å²) in [5, 5.41) is 23.8. The van der Waals surface area contributed by atoms with E-state index in [0.717, 1.165) is 0 Å². The van der Waals surface area contributed by atoms with Gasteiger partial charge in [-0.05, 0) is 6.92 Å². The third-order valence-electron chi connectivity index (χ3n) is 4.18. The van der Waals surface area contributed by atoms with Gasteiger partial charge in [-0.25, -0.2) is 9.55 Å². The summed E-state index contributed by atoms with van der Waals surface area (Å²) < 4.78 is 26.3. The van der Waals surface area contributed by atoms with Gasteiger partial charge in [-0.15, -0.1) is 0 Å². The van der Waals surface area contributed by atoms with E-state index in [9.17, 15) is 14.8 Å². The number of nitrogen functional groups attached to an aromatic ring is 1. The number of fused-ring (bicyclic) bond motifs is 1. The number of hydrogen-bond donors (Lipinski definition) is 6. The Hall–Kier alpha value is -1.79. The Balaban J connectivity index is 1.97. The van der Waals surface area contributed by atoms with Gasteiger partial charge in [0.1, 0.15) is 29.4 Å². The van der Waals surface area contributed by atoms with Crippen molar-refractivity contribution in [2.75, 3.05) is 24.7 Å². The van der Waals surface area contributed by atoms with Gasteiger partial charge in [0.15, 0.2) is 11.4 Å². The van der Waals surface area contributed by atoms with Crippen LogP contribution in [0.15, 0.2) is 10.7 Å². The second kappa shape index (κ2) is 6.43. The summed E-state index contributed by atoms with van der Waals surface area (Å²) in [7, 11) is -3.14. The average Bonchev–Trinajstić information content (AvgIpc) is 3.04. The molecule has 0 aromatic carbocycles. The lowest BCUT2D eigenvalue weighted by atomic mass is 9.89. The Labute approximate surface area is 147 Å². The number of hydrogen-bond acceptors (Lipinski definition) is 10. The summed E-state index contributed by atoms with van der Waals surface area (Å²) in [4.78, 5) is 25.7. The van der Waals surface area contributed by atoms with Gasteiger partial charge in [-0.1, -0.05) is 0 Å². The molecule has 4 atom stereocenters. The highest BCUT2D eigenvalue weighted by molar-refractivity contribution is 7.46. The quantitative estimate of drug-likeness (QED) is 0.359. The third-order valence-corrected chi connectivity index (χ3v) is 4.66. The molecule has 0 bridgehead atoms. The molecule has 0 unspecified atom stereocenters. The van der Waals surface area contributed by atoms with Gasteiger partial charge >= 0.3 is 7.82 Å². The summed E-state index contributed by atoms with van der Waals surface area (Å²) in [6, 6.07) is 0. The number of anilines is 2. The molecule has 7 N–H and O–H groups in total. The highest BCUT2D eigenvalue weighted by Gasteiger charge is 2.54. The summed E-state index contributed by atoms with van der Waals surface area (Å²) in [5.74, 6) is 0.294. The minimum atomic E-state index is -4.76. The van der Waals surface area contributed by atoms with Gasteiger partial charge in [-0.3, -0.25) is 4.52 Å². The van der Waals surface area contributed by atoms with E-state index in [4.69, 9.17) is 24.7 Å². The first-order chi connectivity index (χ1) is 12.0. The van der Waals surface area contributed by atoms with Crippen LogP contribution in [-0.2, 0) is 13.8 Å². The Morgan fingerprint density at radius 1 is 1.46 bits per heavy atom. The predicted molar refractivity (Wildman–Crippen MR) is 88.0 cm³/mol. The summed E-state index contributed by atoms with van der Waals surface area (Å²) in [6.07, 6.45) is -2.48. The first-order valence-electron chi connectivity index (χ1n) is 7.53. The molecule has 2 aromatic heterocycles. The van der Waals surface area contributed by atoms with Gasteiger partial charge < -0.3 is 40.2 Å². The van der Waals surface area contributed by atoms with Crippen LogP contribution in [0, 0.1) is 0 Å². The largest absolute Gasteiger partial charge is 0.469 e. The molecule has 0 spiro atoms. The van der Waals surface area contributed by atoms with E-state index in [1.165, 1.54) is 13.2 Å². The van der Waals surface area contributed by atoms with Gasteiger partial charge in [0, 0.05) is 12.6 Å². The molecule has 1 fully saturated rings. The van der Waals surface area contributed by atoms with Crippen LogP contribution >= 0.6 is 7.82 Å². The fraction of sp³-hybridized carbons (Fsp3) is 0.538. The minimum Gasteiger partial charge on any atom is -0.458 e. The molecule has 144 valence electrons. The molecule has 1 saturated heterocycles. The van der Waals surface area contributed by atoms with Crippen molar-refractivity contribution in [1.29, 1.82) is 0 Å². The number of phosphoric acid groups is 1. The molecular formula is C13H19N4O8P. The lowest BCUT2D eigenvalue weighted by Gasteiger charge is -2.26. The number of aliphatic hydroxyl groups is 2. The molecule has 13 heteroatoms. The summed E-state index contributed by atoms with van der Waals surface area (Å²) in [6.45, 7) is 0.703. The fourth-order valence-electron chi connectivity index (χ4n) is 2.92. The van der Waals surface area contributed by atoms with Crippen molar-refractivity contribution in [2.24, 2.45) is 0 Å². The van der Waals surface area contributed by atoms with Crippen molar-refractivity contribution in [3.05, 3.63) is 11.8 Å². The molecule has 0 radical (unpaired) electrons. The van der Waals surface area contributed by atoms with Crippen molar-refractivity contribution in [2.45, 2.75) is 30.8 Å². The van der Waals surface area contributed by atoms with Gasteiger partial charge in [0.25, 0.3) is 0 Å². The predicted octanol–water partition coefficient (Wildman–Crippen LogP) is -0.492. The Bertz CT molecular complexity index is 865. The summed E-state index contributed by atoms with van der Waals surface area (Å²) in [5.41, 5.74) is 4.73. The Morgan fingerprint density at radius 3 is 2.77 bits per heavy atom. The number of nitrogens with one attached hydrogen (secondary N) is 1. The van der Waals surface area contributed by atoms with Crippen molar-refractivity contribution in [1.82, 2.24) is 9.97 Å². The van der Waals surface area contributed by atoms with Crippen LogP contribution in [-0.4, -0.2) is 61.4 Å². The van der Waals surface area contributed by atoms with Gasteiger partial charge in [0.05, 0.1) is 12.9 Å². The van der Waals surface area contributed by atoms with E-state index in [1.807, 2.05) is 0 Å². The molecule has 0 saturated carbocycles. The highest BCUT2D eigenvalue weighted by Crippen LogP contribution is 2.46. The Kier molecular flexibility index (Phi) is 4.69. The van der Waals surface area contributed by atoms with Crippen LogP contribution in [0.1, 0.15) is 18.6 Å². The van der Waals surface area contributed by atoms with E-state index in [1.54, 1.807) is 7.05 Å². The molecule has 1 aliphatic heterocycles. The number of nitrogens with zero attached hydrogens (tertiary/aromatic N) is 2. The maximum atomic E-state index is 10.9. The smallest absolute Gasteiger partial charge is 0.458 e. The van der Waals surface area contributed by atoms with Crippen LogP contribution in [0.25, 0.3) is 11.1 Å². The van der Waals surface area contributed by atoms with Crippen molar-refractivity contribution < 1.29 is 38.2 Å². The van der Waals surface area contributed by atoms with Crippen molar-refractivity contribution in [3.63, 3.8) is 0 Å². The van der Waals surface area contributed by atoms with Crippen LogP contribution < -0.4 is 11.1 Å². The van der Waals surface area contributed by atoms with E-state index < -0.39 is 38.3 Å². The molecule has 0 amide bonds. The molecule has 3 rings (SSSR count). The first kappa shape index (κ1) is 19.0. The van der Waals surface area contributed by atoms with Crippen LogP contribution in [0.3, 0.4) is 0 Å². The molecule has 0 aliphatic carbocycles. The van der Waals surface area contributed by atoms with E-state index in [2.05, 4.69) is 19.8 Å². The van der Waals surface area contributed by atoms with Crippen molar-refractivity contribution in [3.8, 4) is 0 Å². The second-order valence-corrected chi connectivity index (χ2v) is 7.30. The van der Waals surface area contributed by atoms with E-state index in [0.29, 0.717) is 11.4 Å². The van der Waals surface area contributed by atoms with Crippen LogP contribution in [0.5, 0.6) is 0 Å². The molecule has 3 heterocycles. The lowest BCUT2D eigenvalue weighted by Crippen LogP contribution is -2.43. The van der Waals surface area contributed by atoms with Gasteiger partial charge in [-0.2, -0.15) is 4.98 Å². The van der Waals surface area contributed by atoms with E-state index in [-0.39, 0.29) is 17.0 Å². The molecule has 1 aliphatic rings. The number of aliphatic hydroxyl groups excluding tert-OH is 1. The zero-order chi connectivity index (χ0) is 19.3. The molecule has 12 nitrogen and oxygen atoms in total. The lowest BCUT2D eigenvalue weighted by molar-refractivity contribution is -0.0643. The zero-order valence-corrected chi connectivity index (χ0v) is 14.8. The highest BCUT2D eigenvalue weighted by atomic mass is 31.2. The third kappa shape index (κ3) is 3.28. The van der Waals surface area contributed by atoms with Crippen LogP contribution in [0.4, 0.5) is 11.8 Å². The van der Waals surface area contributed by atoms with E-state index >= 15 is 0 Å². The topological polar surface area (TPSA) is 193 Å². The second-order valence-electron chi connectivity index (χ2n) is 6.06. The number of aromatic nitrogens is 2.